The minimum absolute atomic E-state index is 0. The van der Waals surface area contributed by atoms with E-state index in [1.54, 1.807) is 0 Å². The number of anilines is 1. The van der Waals surface area contributed by atoms with E-state index in [1.807, 2.05) is 12.1 Å². The minimum Gasteiger partial charge on any atom is -0.328 e. The Labute approximate surface area is 133 Å². The van der Waals surface area contributed by atoms with Crippen molar-refractivity contribution in [3.63, 3.8) is 0 Å². The topological polar surface area (TPSA) is 58.4 Å². The number of halogens is 1. The highest BCUT2D eigenvalue weighted by molar-refractivity contribution is 5.92. The number of piperidine rings is 1. The Kier molecular flexibility index (Phi) is 7.15. The van der Waals surface area contributed by atoms with E-state index in [4.69, 9.17) is 5.73 Å². The van der Waals surface area contributed by atoms with Crippen LogP contribution in [0.4, 0.5) is 5.69 Å². The molecule has 3 N–H and O–H groups in total. The third-order valence-electron chi connectivity index (χ3n) is 3.84. The van der Waals surface area contributed by atoms with Crippen LogP contribution < -0.4 is 11.1 Å². The zero-order valence-electron chi connectivity index (χ0n) is 12.8. The molecule has 1 saturated heterocycles. The summed E-state index contributed by atoms with van der Waals surface area (Å²) in [6, 6.07) is 8.37. The first-order chi connectivity index (χ1) is 9.54. The minimum atomic E-state index is 0. The van der Waals surface area contributed by atoms with Crippen LogP contribution >= 0.6 is 12.4 Å². The van der Waals surface area contributed by atoms with Gasteiger partial charge in [-0.25, -0.2) is 0 Å². The molecule has 0 spiro atoms. The van der Waals surface area contributed by atoms with Gasteiger partial charge in [-0.2, -0.15) is 0 Å². The van der Waals surface area contributed by atoms with Gasteiger partial charge in [0.2, 0.25) is 5.91 Å². The van der Waals surface area contributed by atoms with Gasteiger partial charge in [0.1, 0.15) is 0 Å². The van der Waals surface area contributed by atoms with Gasteiger partial charge in [-0.05, 0) is 36.5 Å². The first-order valence-corrected chi connectivity index (χ1v) is 7.42. The molecule has 0 radical (unpaired) electrons. The van der Waals surface area contributed by atoms with E-state index in [0.29, 0.717) is 18.5 Å². The Morgan fingerprint density at radius 3 is 2.67 bits per heavy atom. The molecule has 1 aromatic rings. The number of benzene rings is 1. The van der Waals surface area contributed by atoms with Crippen molar-refractivity contribution in [1.82, 2.24) is 4.90 Å². The van der Waals surface area contributed by atoms with E-state index in [0.717, 1.165) is 31.6 Å². The highest BCUT2D eigenvalue weighted by Gasteiger charge is 2.18. The van der Waals surface area contributed by atoms with E-state index < -0.39 is 0 Å². The van der Waals surface area contributed by atoms with E-state index in [9.17, 15) is 4.79 Å². The quantitative estimate of drug-likeness (QED) is 0.898. The van der Waals surface area contributed by atoms with Gasteiger partial charge in [-0.1, -0.05) is 26.0 Å². The lowest BCUT2D eigenvalue weighted by atomic mass is 10.0. The van der Waals surface area contributed by atoms with Gasteiger partial charge < -0.3 is 11.1 Å². The highest BCUT2D eigenvalue weighted by Crippen LogP contribution is 2.18. The van der Waals surface area contributed by atoms with Crippen LogP contribution in [-0.4, -0.2) is 36.5 Å². The fourth-order valence-corrected chi connectivity index (χ4v) is 2.49. The second kappa shape index (κ2) is 8.37. The lowest BCUT2D eigenvalue weighted by molar-refractivity contribution is -0.117. The summed E-state index contributed by atoms with van der Waals surface area (Å²) in [6.45, 7) is 6.59. The van der Waals surface area contributed by atoms with E-state index in [-0.39, 0.29) is 18.3 Å². The molecule has 0 aromatic heterocycles. The second-order valence-electron chi connectivity index (χ2n) is 5.94. The summed E-state index contributed by atoms with van der Waals surface area (Å²) in [4.78, 5) is 14.2. The van der Waals surface area contributed by atoms with Crippen LogP contribution in [0.25, 0.3) is 0 Å². The fourth-order valence-electron chi connectivity index (χ4n) is 2.49. The molecule has 1 fully saturated rings. The van der Waals surface area contributed by atoms with Crippen LogP contribution in [0.1, 0.15) is 38.2 Å². The number of nitrogens with one attached hydrogen (secondary N) is 1. The van der Waals surface area contributed by atoms with Gasteiger partial charge in [-0.15, -0.1) is 12.4 Å². The first kappa shape index (κ1) is 18.0. The van der Waals surface area contributed by atoms with Crippen LogP contribution in [0, 0.1) is 0 Å². The molecule has 4 nitrogen and oxygen atoms in total. The number of nitrogens with two attached hydrogens (primary N) is 1. The van der Waals surface area contributed by atoms with Crippen molar-refractivity contribution in [2.45, 2.75) is 38.6 Å². The molecular weight excluding hydrogens is 286 g/mol. The predicted octanol–water partition coefficient (Wildman–Crippen LogP) is 2.59. The van der Waals surface area contributed by atoms with Crippen LogP contribution in [-0.2, 0) is 4.79 Å². The smallest absolute Gasteiger partial charge is 0.238 e. The molecule has 0 bridgehead atoms. The van der Waals surface area contributed by atoms with Gasteiger partial charge in [0.05, 0.1) is 6.54 Å². The maximum absolute atomic E-state index is 12.1. The zero-order valence-corrected chi connectivity index (χ0v) is 13.7. The van der Waals surface area contributed by atoms with E-state index in [2.05, 4.69) is 36.2 Å². The van der Waals surface area contributed by atoms with Crippen LogP contribution in [0.5, 0.6) is 0 Å². The molecular formula is C16H26ClN3O. The Balaban J connectivity index is 0.00000220. The molecule has 1 aliphatic heterocycles. The summed E-state index contributed by atoms with van der Waals surface area (Å²) in [5.74, 6) is 0.525. The molecule has 0 saturated carbocycles. The van der Waals surface area contributed by atoms with E-state index >= 15 is 0 Å². The molecule has 0 aliphatic carbocycles. The molecule has 1 amide bonds. The maximum atomic E-state index is 12.1. The predicted molar refractivity (Wildman–Crippen MR) is 90.1 cm³/mol. The number of rotatable bonds is 4. The number of carbonyl (C=O) groups is 1. The highest BCUT2D eigenvalue weighted by atomic mass is 35.5. The van der Waals surface area contributed by atoms with Crippen molar-refractivity contribution in [1.29, 1.82) is 0 Å². The summed E-state index contributed by atoms with van der Waals surface area (Å²) in [5.41, 5.74) is 8.00. The largest absolute Gasteiger partial charge is 0.328 e. The molecule has 2 rings (SSSR count). The Hall–Kier alpha value is -1.10. The van der Waals surface area contributed by atoms with Crippen LogP contribution in [0.3, 0.4) is 0 Å². The SMILES string of the molecule is CC(C)c1cccc(NC(=O)CN2CCC(N)CC2)c1.Cl. The number of nitrogens with zero attached hydrogens (tertiary/aromatic N) is 1. The third kappa shape index (κ3) is 5.65. The molecule has 1 aliphatic rings. The molecule has 21 heavy (non-hydrogen) atoms. The Morgan fingerprint density at radius 2 is 2.05 bits per heavy atom. The molecule has 0 unspecified atom stereocenters. The summed E-state index contributed by atoms with van der Waals surface area (Å²) in [5, 5.41) is 2.98. The van der Waals surface area contributed by atoms with Crippen molar-refractivity contribution < 1.29 is 4.79 Å². The third-order valence-corrected chi connectivity index (χ3v) is 3.84. The maximum Gasteiger partial charge on any atom is 0.238 e. The van der Waals surface area contributed by atoms with Crippen molar-refractivity contribution >= 4 is 24.0 Å². The summed E-state index contributed by atoms with van der Waals surface area (Å²) >= 11 is 0. The van der Waals surface area contributed by atoms with Crippen LogP contribution in [0.15, 0.2) is 24.3 Å². The van der Waals surface area contributed by atoms with Crippen molar-refractivity contribution in [2.75, 3.05) is 25.0 Å². The average Bonchev–Trinajstić information content (AvgIpc) is 2.41. The van der Waals surface area contributed by atoms with Crippen molar-refractivity contribution in [2.24, 2.45) is 5.73 Å². The monoisotopic (exact) mass is 311 g/mol. The summed E-state index contributed by atoms with van der Waals surface area (Å²) < 4.78 is 0. The summed E-state index contributed by atoms with van der Waals surface area (Å²) in [7, 11) is 0. The van der Waals surface area contributed by atoms with Gasteiger partial charge >= 0.3 is 0 Å². The van der Waals surface area contributed by atoms with Gasteiger partial charge in [0.15, 0.2) is 0 Å². The van der Waals surface area contributed by atoms with Crippen LogP contribution in [0.2, 0.25) is 0 Å². The molecule has 1 heterocycles. The second-order valence-corrected chi connectivity index (χ2v) is 5.94. The average molecular weight is 312 g/mol. The van der Waals surface area contributed by atoms with Gasteiger partial charge in [0, 0.05) is 24.8 Å². The lowest BCUT2D eigenvalue weighted by Gasteiger charge is -2.29. The van der Waals surface area contributed by atoms with E-state index in [1.165, 1.54) is 5.56 Å². The number of likely N-dealkylation sites (tertiary alicyclic amines) is 1. The number of carbonyl (C=O) groups excluding carboxylic acids is 1. The summed E-state index contributed by atoms with van der Waals surface area (Å²) in [6.07, 6.45) is 1.96. The standard InChI is InChI=1S/C16H25N3O.ClH/c1-12(2)13-4-3-5-15(10-13)18-16(20)11-19-8-6-14(17)7-9-19;/h3-5,10,12,14H,6-9,11,17H2,1-2H3,(H,18,20);1H. The normalized spacial score (nSPS) is 16.6. The first-order valence-electron chi connectivity index (χ1n) is 7.42. The lowest BCUT2D eigenvalue weighted by Crippen LogP contribution is -2.43. The number of hydrogen-bond donors (Lipinski definition) is 2. The Morgan fingerprint density at radius 1 is 1.38 bits per heavy atom. The molecule has 5 heteroatoms. The molecule has 0 atom stereocenters. The Bertz CT molecular complexity index is 457. The fraction of sp³-hybridized carbons (Fsp3) is 0.562. The van der Waals surface area contributed by atoms with Gasteiger partial charge in [-0.3, -0.25) is 9.69 Å². The zero-order chi connectivity index (χ0) is 14.5. The molecule has 118 valence electrons. The number of hydrogen-bond acceptors (Lipinski definition) is 3. The number of amides is 1. The van der Waals surface area contributed by atoms with Crippen molar-refractivity contribution in [3.8, 4) is 0 Å². The molecule has 1 aromatic carbocycles. The van der Waals surface area contributed by atoms with Crippen molar-refractivity contribution in [3.05, 3.63) is 29.8 Å². The van der Waals surface area contributed by atoms with Gasteiger partial charge in [0.25, 0.3) is 0 Å².